The molecule has 16 heavy (non-hydrogen) atoms. The molecule has 1 heterocycles. The summed E-state index contributed by atoms with van der Waals surface area (Å²) in [7, 11) is 0. The van der Waals surface area contributed by atoms with E-state index in [1.165, 1.54) is 0 Å². The maximum absolute atomic E-state index is 11.6. The van der Waals surface area contributed by atoms with Crippen LogP contribution < -0.4 is 10.6 Å². The van der Waals surface area contributed by atoms with Gasteiger partial charge >= 0.3 is 0 Å². The summed E-state index contributed by atoms with van der Waals surface area (Å²) in [5.41, 5.74) is 7.47. The molecule has 5 heteroatoms. The van der Waals surface area contributed by atoms with Crippen LogP contribution in [0.3, 0.4) is 0 Å². The fourth-order valence-corrected chi connectivity index (χ4v) is 2.08. The molecule has 0 unspecified atom stereocenters. The van der Waals surface area contributed by atoms with E-state index in [0.717, 1.165) is 24.2 Å². The van der Waals surface area contributed by atoms with Gasteiger partial charge in [0.1, 0.15) is 0 Å². The van der Waals surface area contributed by atoms with Crippen molar-refractivity contribution in [2.24, 2.45) is 5.73 Å². The third kappa shape index (κ3) is 2.48. The molecule has 0 atom stereocenters. The Labute approximate surface area is 106 Å². The predicted octanol–water partition coefficient (Wildman–Crippen LogP) is 2.35. The molecule has 0 bridgehead atoms. The Balaban J connectivity index is 0.00000128. The first-order valence-corrected chi connectivity index (χ1v) is 5.39. The van der Waals surface area contributed by atoms with Gasteiger partial charge in [-0.1, -0.05) is 11.6 Å². The number of nitrogens with two attached hydrogens (primary N) is 1. The van der Waals surface area contributed by atoms with Gasteiger partial charge in [0.25, 0.3) is 0 Å². The van der Waals surface area contributed by atoms with Gasteiger partial charge in [-0.15, -0.1) is 12.4 Å². The Morgan fingerprint density at radius 3 is 2.75 bits per heavy atom. The predicted molar refractivity (Wildman–Crippen MR) is 68.2 cm³/mol. The smallest absolute Gasteiger partial charge is 0.227 e. The van der Waals surface area contributed by atoms with Crippen LogP contribution in [0.15, 0.2) is 18.2 Å². The Morgan fingerprint density at radius 1 is 1.44 bits per heavy atom. The van der Waals surface area contributed by atoms with Crippen molar-refractivity contribution in [3.8, 4) is 0 Å². The Hall–Kier alpha value is -0.770. The number of carbonyl (C=O) groups excluding carboxylic acids is 1. The highest BCUT2D eigenvalue weighted by Gasteiger charge is 2.23. The first kappa shape index (κ1) is 13.3. The molecular weight excluding hydrogens is 247 g/mol. The maximum atomic E-state index is 11.6. The minimum Gasteiger partial charge on any atom is -0.326 e. The summed E-state index contributed by atoms with van der Waals surface area (Å²) in [6.45, 7) is 1.19. The zero-order valence-corrected chi connectivity index (χ0v) is 10.4. The van der Waals surface area contributed by atoms with Crippen LogP contribution in [-0.2, 0) is 11.3 Å². The quantitative estimate of drug-likeness (QED) is 0.888. The number of hydrogen-bond donors (Lipinski definition) is 1. The van der Waals surface area contributed by atoms with Crippen LogP contribution in [0.1, 0.15) is 18.4 Å². The van der Waals surface area contributed by atoms with Crippen LogP contribution in [0, 0.1) is 0 Å². The Morgan fingerprint density at radius 2 is 2.19 bits per heavy atom. The molecule has 1 aromatic rings. The van der Waals surface area contributed by atoms with Gasteiger partial charge in [-0.25, -0.2) is 0 Å². The first-order valence-electron chi connectivity index (χ1n) is 5.01. The fraction of sp³-hybridized carbons (Fsp3) is 0.364. The highest BCUT2D eigenvalue weighted by Crippen LogP contribution is 2.27. The summed E-state index contributed by atoms with van der Waals surface area (Å²) < 4.78 is 0. The van der Waals surface area contributed by atoms with Gasteiger partial charge in [0.15, 0.2) is 0 Å². The third-order valence-electron chi connectivity index (χ3n) is 2.63. The summed E-state index contributed by atoms with van der Waals surface area (Å²) in [5.74, 6) is 0.173. The molecule has 1 saturated heterocycles. The van der Waals surface area contributed by atoms with E-state index in [9.17, 15) is 4.79 Å². The molecule has 0 aromatic heterocycles. The molecule has 0 saturated carbocycles. The minimum atomic E-state index is 0. The lowest BCUT2D eigenvalue weighted by Gasteiger charge is -2.19. The highest BCUT2D eigenvalue weighted by atomic mass is 35.5. The lowest BCUT2D eigenvalue weighted by Crippen LogP contribution is -2.25. The molecule has 1 amide bonds. The zero-order chi connectivity index (χ0) is 10.8. The van der Waals surface area contributed by atoms with E-state index >= 15 is 0 Å². The maximum Gasteiger partial charge on any atom is 0.227 e. The molecule has 1 aromatic carbocycles. The van der Waals surface area contributed by atoms with Gasteiger partial charge in [-0.05, 0) is 30.2 Å². The lowest BCUT2D eigenvalue weighted by atomic mass is 10.1. The van der Waals surface area contributed by atoms with E-state index in [4.69, 9.17) is 17.3 Å². The molecule has 1 aliphatic heterocycles. The van der Waals surface area contributed by atoms with Crippen LogP contribution in [0.25, 0.3) is 0 Å². The highest BCUT2D eigenvalue weighted by molar-refractivity contribution is 6.30. The average molecular weight is 261 g/mol. The standard InChI is InChI=1S/C11H13ClN2O.ClH/c12-9-3-4-10(8(6-9)7-13)14-5-1-2-11(14)15;/h3-4,6H,1-2,5,7,13H2;1H. The van der Waals surface area contributed by atoms with Crippen LogP contribution in [-0.4, -0.2) is 12.5 Å². The van der Waals surface area contributed by atoms with E-state index in [2.05, 4.69) is 0 Å². The number of carbonyl (C=O) groups is 1. The second-order valence-electron chi connectivity index (χ2n) is 3.63. The summed E-state index contributed by atoms with van der Waals surface area (Å²) in [4.78, 5) is 13.4. The lowest BCUT2D eigenvalue weighted by molar-refractivity contribution is -0.117. The first-order chi connectivity index (χ1) is 7.22. The number of benzene rings is 1. The SMILES string of the molecule is Cl.NCc1cc(Cl)ccc1N1CCCC1=O. The molecule has 0 aliphatic carbocycles. The van der Waals surface area contributed by atoms with E-state index < -0.39 is 0 Å². The van der Waals surface area contributed by atoms with Crippen LogP contribution in [0.2, 0.25) is 5.02 Å². The summed E-state index contributed by atoms with van der Waals surface area (Å²) in [5, 5.41) is 0.658. The number of anilines is 1. The summed E-state index contributed by atoms with van der Waals surface area (Å²) in [6, 6.07) is 5.48. The molecule has 3 nitrogen and oxygen atoms in total. The van der Waals surface area contributed by atoms with Crippen LogP contribution in [0.5, 0.6) is 0 Å². The topological polar surface area (TPSA) is 46.3 Å². The van der Waals surface area contributed by atoms with Crippen molar-refractivity contribution in [2.75, 3.05) is 11.4 Å². The molecule has 2 rings (SSSR count). The Bertz CT molecular complexity index is 396. The number of rotatable bonds is 2. The van der Waals surface area contributed by atoms with Crippen LogP contribution >= 0.6 is 24.0 Å². The van der Waals surface area contributed by atoms with Gasteiger partial charge in [0, 0.05) is 30.2 Å². The monoisotopic (exact) mass is 260 g/mol. The van der Waals surface area contributed by atoms with E-state index in [1.807, 2.05) is 12.1 Å². The second-order valence-corrected chi connectivity index (χ2v) is 4.06. The number of amides is 1. The average Bonchev–Trinajstić information content (AvgIpc) is 2.64. The summed E-state index contributed by atoms with van der Waals surface area (Å²) >= 11 is 5.88. The fourth-order valence-electron chi connectivity index (χ4n) is 1.88. The largest absolute Gasteiger partial charge is 0.326 e. The van der Waals surface area contributed by atoms with Crippen molar-refractivity contribution in [2.45, 2.75) is 19.4 Å². The zero-order valence-electron chi connectivity index (χ0n) is 8.78. The van der Waals surface area contributed by atoms with Gasteiger partial charge < -0.3 is 10.6 Å². The van der Waals surface area contributed by atoms with Crippen molar-refractivity contribution < 1.29 is 4.79 Å². The summed E-state index contributed by atoms with van der Waals surface area (Å²) in [6.07, 6.45) is 1.55. The van der Waals surface area contributed by atoms with E-state index in [0.29, 0.717) is 18.0 Å². The normalized spacial score (nSPS) is 15.1. The number of nitrogens with zero attached hydrogens (tertiary/aromatic N) is 1. The third-order valence-corrected chi connectivity index (χ3v) is 2.86. The second kappa shape index (κ2) is 5.53. The van der Waals surface area contributed by atoms with Gasteiger partial charge in [0.05, 0.1) is 0 Å². The van der Waals surface area contributed by atoms with Crippen LogP contribution in [0.4, 0.5) is 5.69 Å². The van der Waals surface area contributed by atoms with Crippen molar-refractivity contribution in [3.63, 3.8) is 0 Å². The van der Waals surface area contributed by atoms with Gasteiger partial charge in [-0.2, -0.15) is 0 Å². The minimum absolute atomic E-state index is 0. The molecular formula is C11H14Cl2N2O. The molecule has 2 N–H and O–H groups in total. The van der Waals surface area contributed by atoms with Gasteiger partial charge in [-0.3, -0.25) is 4.79 Å². The Kier molecular flexibility index (Phi) is 4.59. The molecule has 0 spiro atoms. The van der Waals surface area contributed by atoms with E-state index in [-0.39, 0.29) is 18.3 Å². The number of hydrogen-bond acceptors (Lipinski definition) is 2. The molecule has 88 valence electrons. The molecule has 0 radical (unpaired) electrons. The number of halogens is 2. The van der Waals surface area contributed by atoms with E-state index in [1.54, 1.807) is 11.0 Å². The van der Waals surface area contributed by atoms with Crippen molar-refractivity contribution >= 4 is 35.6 Å². The van der Waals surface area contributed by atoms with Crippen molar-refractivity contribution in [3.05, 3.63) is 28.8 Å². The van der Waals surface area contributed by atoms with Crippen molar-refractivity contribution in [1.82, 2.24) is 0 Å². The molecule has 1 fully saturated rings. The van der Waals surface area contributed by atoms with Crippen molar-refractivity contribution in [1.29, 1.82) is 0 Å². The molecule has 1 aliphatic rings. The van der Waals surface area contributed by atoms with Gasteiger partial charge in [0.2, 0.25) is 5.91 Å².